The Morgan fingerprint density at radius 3 is 2.67 bits per heavy atom. The van der Waals surface area contributed by atoms with Gasteiger partial charge in [0.05, 0.1) is 10.0 Å². The highest BCUT2D eigenvalue weighted by Crippen LogP contribution is 2.29. The molecule has 0 fully saturated rings. The summed E-state index contributed by atoms with van der Waals surface area (Å²) in [7, 11) is 0. The molecule has 1 rings (SSSR count). The Hall–Kier alpha value is -0.240. The number of benzene rings is 1. The van der Waals surface area contributed by atoms with Crippen LogP contribution in [0.3, 0.4) is 0 Å². The largest absolute Gasteiger partial charge is 0.324 e. The average Bonchev–Trinajstić information content (AvgIpc) is 2.08. The van der Waals surface area contributed by atoms with Crippen LogP contribution in [-0.2, 0) is 0 Å². The number of hydrogen-bond acceptors (Lipinski definition) is 1. The molecular weight excluding hydrogens is 193 g/mol. The second-order valence-corrected chi connectivity index (χ2v) is 3.44. The normalized spacial score (nSPS) is 13.0. The predicted octanol–water partition coefficient (Wildman–Crippen LogP) is 3.40. The maximum Gasteiger partial charge on any atom is 0.0639 e. The maximum atomic E-state index is 5.95. The zero-order chi connectivity index (χ0) is 9.14. The van der Waals surface area contributed by atoms with Crippen LogP contribution in [0.5, 0.6) is 0 Å². The highest BCUT2D eigenvalue weighted by atomic mass is 35.5. The van der Waals surface area contributed by atoms with Crippen LogP contribution in [0.2, 0.25) is 10.0 Å². The minimum Gasteiger partial charge on any atom is -0.324 e. The van der Waals surface area contributed by atoms with Crippen LogP contribution >= 0.6 is 23.2 Å². The fourth-order valence-electron chi connectivity index (χ4n) is 1.03. The highest BCUT2D eigenvalue weighted by Gasteiger charge is 2.09. The second-order valence-electron chi connectivity index (χ2n) is 2.66. The van der Waals surface area contributed by atoms with E-state index < -0.39 is 0 Å². The standard InChI is InChI=1S/C9H11Cl2N/c1-2-8(12)6-4-3-5-7(10)9(6)11/h3-5,8H,2,12H2,1H3. The first-order chi connectivity index (χ1) is 5.66. The molecule has 3 heteroatoms. The van der Waals surface area contributed by atoms with E-state index in [2.05, 4.69) is 0 Å². The van der Waals surface area contributed by atoms with Crippen LogP contribution < -0.4 is 5.73 Å². The van der Waals surface area contributed by atoms with Crippen LogP contribution in [0.4, 0.5) is 0 Å². The summed E-state index contributed by atoms with van der Waals surface area (Å²) < 4.78 is 0. The number of rotatable bonds is 2. The van der Waals surface area contributed by atoms with Crippen LogP contribution in [0.25, 0.3) is 0 Å². The van der Waals surface area contributed by atoms with Gasteiger partial charge in [-0.3, -0.25) is 0 Å². The third-order valence-corrected chi connectivity index (χ3v) is 2.65. The first-order valence-corrected chi connectivity index (χ1v) is 4.62. The van der Waals surface area contributed by atoms with Gasteiger partial charge in [0.2, 0.25) is 0 Å². The van der Waals surface area contributed by atoms with Crippen LogP contribution in [0.15, 0.2) is 18.2 Å². The fourth-order valence-corrected chi connectivity index (χ4v) is 1.47. The Bertz CT molecular complexity index is 273. The van der Waals surface area contributed by atoms with E-state index in [1.807, 2.05) is 19.1 Å². The Labute approximate surface area is 82.5 Å². The summed E-state index contributed by atoms with van der Waals surface area (Å²) in [4.78, 5) is 0. The Morgan fingerprint density at radius 2 is 2.08 bits per heavy atom. The Kier molecular flexibility index (Phi) is 3.39. The van der Waals surface area contributed by atoms with Gasteiger partial charge in [-0.1, -0.05) is 42.3 Å². The van der Waals surface area contributed by atoms with Crippen molar-refractivity contribution in [3.05, 3.63) is 33.8 Å². The molecule has 66 valence electrons. The van der Waals surface area contributed by atoms with Gasteiger partial charge < -0.3 is 5.73 Å². The van der Waals surface area contributed by atoms with E-state index in [-0.39, 0.29) is 6.04 Å². The van der Waals surface area contributed by atoms with Gasteiger partial charge >= 0.3 is 0 Å². The topological polar surface area (TPSA) is 26.0 Å². The summed E-state index contributed by atoms with van der Waals surface area (Å²) in [6.07, 6.45) is 0.861. The molecule has 0 bridgehead atoms. The van der Waals surface area contributed by atoms with Gasteiger partial charge in [-0.25, -0.2) is 0 Å². The van der Waals surface area contributed by atoms with Crippen molar-refractivity contribution in [2.75, 3.05) is 0 Å². The molecule has 1 nitrogen and oxygen atoms in total. The molecule has 0 amide bonds. The maximum absolute atomic E-state index is 5.95. The van der Waals surface area contributed by atoms with E-state index in [0.717, 1.165) is 12.0 Å². The van der Waals surface area contributed by atoms with Crippen molar-refractivity contribution in [3.63, 3.8) is 0 Å². The Morgan fingerprint density at radius 1 is 1.42 bits per heavy atom. The van der Waals surface area contributed by atoms with Crippen LogP contribution in [0, 0.1) is 0 Å². The van der Waals surface area contributed by atoms with Crippen molar-refractivity contribution in [2.24, 2.45) is 5.73 Å². The molecule has 1 aromatic rings. The van der Waals surface area contributed by atoms with Gasteiger partial charge in [0.25, 0.3) is 0 Å². The quantitative estimate of drug-likeness (QED) is 0.784. The first-order valence-electron chi connectivity index (χ1n) is 3.86. The summed E-state index contributed by atoms with van der Waals surface area (Å²) in [6, 6.07) is 5.51. The number of halogens is 2. The number of nitrogens with two attached hydrogens (primary N) is 1. The van der Waals surface area contributed by atoms with Crippen molar-refractivity contribution >= 4 is 23.2 Å². The zero-order valence-corrected chi connectivity index (χ0v) is 8.36. The highest BCUT2D eigenvalue weighted by molar-refractivity contribution is 6.42. The fraction of sp³-hybridized carbons (Fsp3) is 0.333. The molecule has 0 aromatic heterocycles. The van der Waals surface area contributed by atoms with Crippen molar-refractivity contribution < 1.29 is 0 Å². The van der Waals surface area contributed by atoms with E-state index in [4.69, 9.17) is 28.9 Å². The van der Waals surface area contributed by atoms with Crippen molar-refractivity contribution in [1.82, 2.24) is 0 Å². The lowest BCUT2D eigenvalue weighted by molar-refractivity contribution is 0.699. The molecule has 0 saturated carbocycles. The number of hydrogen-bond donors (Lipinski definition) is 1. The molecule has 2 N–H and O–H groups in total. The van der Waals surface area contributed by atoms with E-state index in [9.17, 15) is 0 Å². The Balaban J connectivity index is 3.07. The minimum absolute atomic E-state index is 0.0174. The van der Waals surface area contributed by atoms with Crippen molar-refractivity contribution in [1.29, 1.82) is 0 Å². The summed E-state index contributed by atoms with van der Waals surface area (Å²) in [5.41, 5.74) is 6.74. The van der Waals surface area contributed by atoms with Gasteiger partial charge in [-0.15, -0.1) is 0 Å². The zero-order valence-electron chi connectivity index (χ0n) is 6.85. The third kappa shape index (κ3) is 1.92. The van der Waals surface area contributed by atoms with E-state index in [1.54, 1.807) is 6.07 Å². The van der Waals surface area contributed by atoms with Gasteiger partial charge in [-0.2, -0.15) is 0 Å². The molecule has 12 heavy (non-hydrogen) atoms. The molecule has 0 aliphatic rings. The van der Waals surface area contributed by atoms with Gasteiger partial charge in [0.1, 0.15) is 0 Å². The monoisotopic (exact) mass is 203 g/mol. The molecule has 1 unspecified atom stereocenters. The molecular formula is C9H11Cl2N. The smallest absolute Gasteiger partial charge is 0.0639 e. The lowest BCUT2D eigenvalue weighted by atomic mass is 10.1. The molecule has 0 saturated heterocycles. The van der Waals surface area contributed by atoms with Gasteiger partial charge in [-0.05, 0) is 18.1 Å². The van der Waals surface area contributed by atoms with Crippen molar-refractivity contribution in [2.45, 2.75) is 19.4 Å². The van der Waals surface area contributed by atoms with E-state index in [0.29, 0.717) is 10.0 Å². The average molecular weight is 204 g/mol. The molecule has 1 aromatic carbocycles. The molecule has 0 heterocycles. The predicted molar refractivity (Wildman–Crippen MR) is 53.7 cm³/mol. The van der Waals surface area contributed by atoms with Gasteiger partial charge in [0.15, 0.2) is 0 Å². The van der Waals surface area contributed by atoms with Crippen LogP contribution in [0.1, 0.15) is 24.9 Å². The lowest BCUT2D eigenvalue weighted by Crippen LogP contribution is -2.09. The first kappa shape index (κ1) is 9.85. The summed E-state index contributed by atoms with van der Waals surface area (Å²) in [5.74, 6) is 0. The van der Waals surface area contributed by atoms with Crippen molar-refractivity contribution in [3.8, 4) is 0 Å². The van der Waals surface area contributed by atoms with E-state index in [1.165, 1.54) is 0 Å². The van der Waals surface area contributed by atoms with E-state index >= 15 is 0 Å². The molecule has 0 spiro atoms. The molecule has 1 atom stereocenters. The third-order valence-electron chi connectivity index (χ3n) is 1.82. The lowest BCUT2D eigenvalue weighted by Gasteiger charge is -2.11. The van der Waals surface area contributed by atoms with Gasteiger partial charge in [0, 0.05) is 6.04 Å². The summed E-state index contributed by atoms with van der Waals surface area (Å²) in [5, 5.41) is 1.14. The van der Waals surface area contributed by atoms with Crippen LogP contribution in [-0.4, -0.2) is 0 Å². The molecule has 0 radical (unpaired) electrons. The second kappa shape index (κ2) is 4.13. The summed E-state index contributed by atoms with van der Waals surface area (Å²) in [6.45, 7) is 2.02. The minimum atomic E-state index is -0.0174. The SMILES string of the molecule is CCC(N)c1cccc(Cl)c1Cl. The summed E-state index contributed by atoms with van der Waals surface area (Å²) >= 11 is 11.8. The molecule has 0 aliphatic heterocycles. The molecule has 0 aliphatic carbocycles.